The number of methoxy groups -OCH3 is 2. The molecule has 0 bridgehead atoms. The Bertz CT molecular complexity index is 1010. The predicted octanol–water partition coefficient (Wildman–Crippen LogP) is 3.76. The first kappa shape index (κ1) is 16.4. The van der Waals surface area contributed by atoms with E-state index in [4.69, 9.17) is 14.5 Å². The predicted molar refractivity (Wildman–Crippen MR) is 101 cm³/mol. The van der Waals surface area contributed by atoms with Gasteiger partial charge in [0.2, 0.25) is 0 Å². The summed E-state index contributed by atoms with van der Waals surface area (Å²) in [4.78, 5) is 19.6. The Morgan fingerprint density at radius 3 is 2.62 bits per heavy atom. The van der Waals surface area contributed by atoms with Crippen LogP contribution < -0.4 is 14.4 Å². The molecule has 5 nitrogen and oxygen atoms in total. The summed E-state index contributed by atoms with van der Waals surface area (Å²) in [5.74, 6) is 1.81. The van der Waals surface area contributed by atoms with Crippen LogP contribution in [-0.4, -0.2) is 31.7 Å². The number of benzene rings is 2. The third kappa shape index (κ3) is 2.65. The number of amides is 1. The lowest BCUT2D eigenvalue weighted by molar-refractivity contribution is 0.0988. The van der Waals surface area contributed by atoms with E-state index in [0.29, 0.717) is 23.6 Å². The third-order valence-electron chi connectivity index (χ3n) is 4.76. The number of fused-ring (bicyclic) bond motifs is 2. The number of aromatic nitrogens is 1. The lowest BCUT2D eigenvalue weighted by atomic mass is 10.1. The van der Waals surface area contributed by atoms with Gasteiger partial charge in [-0.2, -0.15) is 0 Å². The molecule has 0 aliphatic carbocycles. The Balaban J connectivity index is 1.72. The van der Waals surface area contributed by atoms with Crippen LogP contribution in [0.4, 0.5) is 5.82 Å². The highest BCUT2D eigenvalue weighted by Crippen LogP contribution is 2.33. The van der Waals surface area contributed by atoms with Gasteiger partial charge in [0.15, 0.2) is 11.5 Å². The van der Waals surface area contributed by atoms with Crippen molar-refractivity contribution in [1.82, 2.24) is 4.98 Å². The van der Waals surface area contributed by atoms with Crippen molar-refractivity contribution in [3.8, 4) is 11.5 Å². The molecule has 4 rings (SSSR count). The zero-order valence-corrected chi connectivity index (χ0v) is 15.1. The van der Waals surface area contributed by atoms with Gasteiger partial charge in [0.25, 0.3) is 5.91 Å². The van der Waals surface area contributed by atoms with Gasteiger partial charge in [0.1, 0.15) is 5.82 Å². The zero-order chi connectivity index (χ0) is 18.3. The van der Waals surface area contributed by atoms with E-state index in [1.807, 2.05) is 12.1 Å². The van der Waals surface area contributed by atoms with Crippen molar-refractivity contribution in [1.29, 1.82) is 0 Å². The van der Waals surface area contributed by atoms with Crippen LogP contribution in [-0.2, 0) is 6.42 Å². The molecule has 5 heteroatoms. The Hall–Kier alpha value is -3.08. The van der Waals surface area contributed by atoms with Gasteiger partial charge in [-0.25, -0.2) is 4.98 Å². The minimum Gasteiger partial charge on any atom is -0.493 e. The molecule has 0 saturated carbocycles. The summed E-state index contributed by atoms with van der Waals surface area (Å²) in [5.41, 5.74) is 3.77. The third-order valence-corrected chi connectivity index (χ3v) is 4.76. The summed E-state index contributed by atoms with van der Waals surface area (Å²) in [5, 5.41) is 1.11. The highest BCUT2D eigenvalue weighted by molar-refractivity contribution is 6.07. The molecule has 0 fully saturated rings. The number of hydrogen-bond acceptors (Lipinski definition) is 4. The van der Waals surface area contributed by atoms with E-state index >= 15 is 0 Å². The number of nitrogens with zero attached hydrogens (tertiary/aromatic N) is 2. The second-order valence-corrected chi connectivity index (χ2v) is 6.44. The number of carbonyl (C=O) groups is 1. The summed E-state index contributed by atoms with van der Waals surface area (Å²) < 4.78 is 10.6. The average molecular weight is 348 g/mol. The van der Waals surface area contributed by atoms with Crippen LogP contribution in [0.2, 0.25) is 0 Å². The van der Waals surface area contributed by atoms with E-state index in [2.05, 4.69) is 19.1 Å². The van der Waals surface area contributed by atoms with Gasteiger partial charge in [-0.05, 0) is 55.3 Å². The van der Waals surface area contributed by atoms with Crippen LogP contribution in [0.1, 0.15) is 21.5 Å². The number of carbonyl (C=O) groups excluding carboxylic acids is 1. The molecule has 0 unspecified atom stereocenters. The van der Waals surface area contributed by atoms with Crippen molar-refractivity contribution in [3.63, 3.8) is 0 Å². The second-order valence-electron chi connectivity index (χ2n) is 6.44. The minimum absolute atomic E-state index is 0.0799. The fraction of sp³-hybridized carbons (Fsp3) is 0.238. The van der Waals surface area contributed by atoms with Gasteiger partial charge in [0.05, 0.1) is 19.7 Å². The maximum Gasteiger partial charge on any atom is 0.259 e. The van der Waals surface area contributed by atoms with Gasteiger partial charge < -0.3 is 9.47 Å². The van der Waals surface area contributed by atoms with Crippen molar-refractivity contribution < 1.29 is 14.3 Å². The fourth-order valence-electron chi connectivity index (χ4n) is 3.41. The molecule has 2 aromatic carbocycles. The molecular formula is C21H20N2O3. The van der Waals surface area contributed by atoms with Crippen molar-refractivity contribution in [3.05, 3.63) is 59.2 Å². The lowest BCUT2D eigenvalue weighted by Gasteiger charge is -2.18. The SMILES string of the molecule is COc1ccc(C(=O)N2CCc3cc4cc(C)ccc4nc32)cc1OC. The van der Waals surface area contributed by atoms with Crippen molar-refractivity contribution in [2.75, 3.05) is 25.7 Å². The summed E-state index contributed by atoms with van der Waals surface area (Å²) in [6.07, 6.45) is 0.811. The molecule has 1 aliphatic rings. The molecule has 1 aromatic heterocycles. The molecule has 1 amide bonds. The number of rotatable bonds is 3. The largest absolute Gasteiger partial charge is 0.493 e. The summed E-state index contributed by atoms with van der Waals surface area (Å²) >= 11 is 0. The number of pyridine rings is 1. The van der Waals surface area contributed by atoms with Gasteiger partial charge in [-0.1, -0.05) is 11.6 Å². The molecular weight excluding hydrogens is 328 g/mol. The van der Waals surface area contributed by atoms with Crippen LogP contribution >= 0.6 is 0 Å². The monoisotopic (exact) mass is 348 g/mol. The summed E-state index contributed by atoms with van der Waals surface area (Å²) in [6, 6.07) is 13.5. The van der Waals surface area contributed by atoms with E-state index in [-0.39, 0.29) is 5.91 Å². The van der Waals surface area contributed by atoms with Crippen molar-refractivity contribution in [2.24, 2.45) is 0 Å². The smallest absolute Gasteiger partial charge is 0.259 e. The Labute approximate surface area is 152 Å². The fourth-order valence-corrected chi connectivity index (χ4v) is 3.41. The molecule has 0 radical (unpaired) electrons. The molecule has 0 saturated heterocycles. The first-order valence-corrected chi connectivity index (χ1v) is 8.55. The quantitative estimate of drug-likeness (QED) is 0.723. The van der Waals surface area contributed by atoms with Gasteiger partial charge in [-0.3, -0.25) is 9.69 Å². The summed E-state index contributed by atoms with van der Waals surface area (Å²) in [7, 11) is 3.14. The molecule has 3 aromatic rings. The van der Waals surface area contributed by atoms with Crippen LogP contribution in [0.3, 0.4) is 0 Å². The number of aryl methyl sites for hydroxylation is 1. The molecule has 0 atom stereocenters. The Morgan fingerprint density at radius 1 is 1.04 bits per heavy atom. The summed E-state index contributed by atoms with van der Waals surface area (Å²) in [6.45, 7) is 2.70. The van der Waals surface area contributed by atoms with Crippen molar-refractivity contribution >= 4 is 22.6 Å². The molecule has 0 spiro atoms. The normalized spacial score (nSPS) is 13.0. The number of anilines is 1. The zero-order valence-electron chi connectivity index (χ0n) is 15.1. The topological polar surface area (TPSA) is 51.7 Å². The van der Waals surface area contributed by atoms with Crippen molar-refractivity contribution in [2.45, 2.75) is 13.3 Å². The van der Waals surface area contributed by atoms with Crippen LogP contribution in [0.15, 0.2) is 42.5 Å². The number of ether oxygens (including phenoxy) is 2. The van der Waals surface area contributed by atoms with Crippen LogP contribution in [0.25, 0.3) is 10.9 Å². The van der Waals surface area contributed by atoms with Crippen LogP contribution in [0.5, 0.6) is 11.5 Å². The van der Waals surface area contributed by atoms with E-state index in [1.54, 1.807) is 37.3 Å². The first-order chi connectivity index (χ1) is 12.6. The average Bonchev–Trinajstić information content (AvgIpc) is 3.07. The standard InChI is InChI=1S/C21H20N2O3/c1-13-4-6-17-16(10-13)11-14-8-9-23(20(14)22-17)21(24)15-5-7-18(25-2)19(12-15)26-3/h4-7,10-12H,8-9H2,1-3H3. The molecule has 1 aliphatic heterocycles. The van der Waals surface area contributed by atoms with Gasteiger partial charge >= 0.3 is 0 Å². The lowest BCUT2D eigenvalue weighted by Crippen LogP contribution is -2.29. The maximum atomic E-state index is 13.1. The Morgan fingerprint density at radius 2 is 1.85 bits per heavy atom. The maximum absolute atomic E-state index is 13.1. The minimum atomic E-state index is -0.0799. The molecule has 26 heavy (non-hydrogen) atoms. The van der Waals surface area contributed by atoms with E-state index < -0.39 is 0 Å². The second kappa shape index (κ2) is 6.33. The Kier molecular flexibility index (Phi) is 3.99. The van der Waals surface area contributed by atoms with E-state index in [0.717, 1.165) is 28.7 Å². The van der Waals surface area contributed by atoms with E-state index in [1.165, 1.54) is 5.56 Å². The number of hydrogen-bond donors (Lipinski definition) is 0. The van der Waals surface area contributed by atoms with E-state index in [9.17, 15) is 4.79 Å². The highest BCUT2D eigenvalue weighted by Gasteiger charge is 2.28. The first-order valence-electron chi connectivity index (χ1n) is 8.55. The van der Waals surface area contributed by atoms with Crippen LogP contribution in [0, 0.1) is 6.92 Å². The van der Waals surface area contributed by atoms with Gasteiger partial charge in [-0.15, -0.1) is 0 Å². The highest BCUT2D eigenvalue weighted by atomic mass is 16.5. The molecule has 132 valence electrons. The molecule has 0 N–H and O–H groups in total. The molecule has 2 heterocycles. The van der Waals surface area contributed by atoms with Gasteiger partial charge in [0, 0.05) is 17.5 Å².